The van der Waals surface area contributed by atoms with Gasteiger partial charge in [0.15, 0.2) is 9.84 Å². The van der Waals surface area contributed by atoms with Gasteiger partial charge in [0, 0.05) is 6.04 Å². The van der Waals surface area contributed by atoms with E-state index in [0.29, 0.717) is 25.3 Å². The molecule has 1 N–H and O–H groups in total. The van der Waals surface area contributed by atoms with Crippen LogP contribution in [0.15, 0.2) is 24.3 Å². The molecule has 1 saturated heterocycles. The van der Waals surface area contributed by atoms with Crippen molar-refractivity contribution in [2.75, 3.05) is 45.4 Å². The zero-order valence-electron chi connectivity index (χ0n) is 14.0. The summed E-state index contributed by atoms with van der Waals surface area (Å²) in [5.41, 5.74) is 0. The van der Waals surface area contributed by atoms with Gasteiger partial charge in [-0.25, -0.2) is 8.42 Å². The van der Waals surface area contributed by atoms with Crippen LogP contribution in [-0.4, -0.2) is 70.6 Å². The molecule has 1 aliphatic rings. The molecule has 1 heterocycles. The molecule has 0 aliphatic carbocycles. The van der Waals surface area contributed by atoms with Crippen molar-refractivity contribution in [2.24, 2.45) is 0 Å². The highest BCUT2D eigenvalue weighted by Crippen LogP contribution is 2.17. The first-order valence-corrected chi connectivity index (χ1v) is 9.66. The quantitative estimate of drug-likeness (QED) is 0.675. The fourth-order valence-corrected chi connectivity index (χ4v) is 4.37. The Balaban J connectivity index is 1.64. The number of benzene rings is 1. The lowest BCUT2D eigenvalue weighted by Gasteiger charge is -2.22. The summed E-state index contributed by atoms with van der Waals surface area (Å²) in [6.45, 7) is 0.935. The maximum atomic E-state index is 11.9. The Hall–Kier alpha value is -1.80. The fraction of sp³-hybridized carbons (Fsp3) is 0.562. The van der Waals surface area contributed by atoms with E-state index in [1.165, 1.54) is 0 Å². The summed E-state index contributed by atoms with van der Waals surface area (Å²) in [4.78, 5) is 13.7. The molecule has 1 aromatic rings. The Bertz CT molecular complexity index is 645. The molecule has 0 aromatic heterocycles. The summed E-state index contributed by atoms with van der Waals surface area (Å²) < 4.78 is 33.5. The molecule has 1 atom stereocenters. The van der Waals surface area contributed by atoms with Crippen LogP contribution in [-0.2, 0) is 14.6 Å². The minimum absolute atomic E-state index is 0.0729. The van der Waals surface area contributed by atoms with Crippen LogP contribution >= 0.6 is 0 Å². The van der Waals surface area contributed by atoms with Crippen LogP contribution < -0.4 is 14.8 Å². The molecule has 24 heavy (non-hydrogen) atoms. The van der Waals surface area contributed by atoms with Gasteiger partial charge in [0.25, 0.3) is 0 Å². The first-order chi connectivity index (χ1) is 11.4. The highest BCUT2D eigenvalue weighted by atomic mass is 32.2. The number of carbonyl (C=O) groups is 1. The molecule has 0 spiro atoms. The van der Waals surface area contributed by atoms with Crippen molar-refractivity contribution in [3.05, 3.63) is 24.3 Å². The van der Waals surface area contributed by atoms with E-state index in [1.54, 1.807) is 43.3 Å². The SMILES string of the molecule is COc1ccc(OCCNC(=O)CN(C)C2CCS(=O)(=O)C2)cc1. The third-order valence-corrected chi connectivity index (χ3v) is 5.73. The minimum Gasteiger partial charge on any atom is -0.497 e. The number of likely N-dealkylation sites (N-methyl/N-ethyl adjacent to an activating group) is 1. The van der Waals surface area contributed by atoms with Gasteiger partial charge in [-0.1, -0.05) is 0 Å². The Morgan fingerprint density at radius 1 is 1.29 bits per heavy atom. The summed E-state index contributed by atoms with van der Waals surface area (Å²) in [6, 6.07) is 7.14. The van der Waals surface area contributed by atoms with Gasteiger partial charge in [-0.05, 0) is 37.7 Å². The van der Waals surface area contributed by atoms with Crippen molar-refractivity contribution in [2.45, 2.75) is 12.5 Å². The Labute approximate surface area is 142 Å². The van der Waals surface area contributed by atoms with Gasteiger partial charge in [0.1, 0.15) is 18.1 Å². The van der Waals surface area contributed by atoms with Gasteiger partial charge in [-0.2, -0.15) is 0 Å². The molecule has 134 valence electrons. The number of nitrogens with zero attached hydrogens (tertiary/aromatic N) is 1. The van der Waals surface area contributed by atoms with Crippen LogP contribution in [0, 0.1) is 0 Å². The first-order valence-electron chi connectivity index (χ1n) is 7.84. The summed E-state index contributed by atoms with van der Waals surface area (Å²) in [5, 5.41) is 2.77. The Kier molecular flexibility index (Phi) is 6.44. The van der Waals surface area contributed by atoms with E-state index in [-0.39, 0.29) is 30.0 Å². The fourth-order valence-electron chi connectivity index (χ4n) is 2.57. The molecule has 0 saturated carbocycles. The summed E-state index contributed by atoms with van der Waals surface area (Å²) >= 11 is 0. The van der Waals surface area contributed by atoms with Crippen molar-refractivity contribution in [3.8, 4) is 11.5 Å². The third-order valence-electron chi connectivity index (χ3n) is 3.98. The molecule has 1 amide bonds. The molecule has 7 nitrogen and oxygen atoms in total. The molecular formula is C16H24N2O5S. The molecular weight excluding hydrogens is 332 g/mol. The van der Waals surface area contributed by atoms with E-state index in [4.69, 9.17) is 9.47 Å². The smallest absolute Gasteiger partial charge is 0.234 e. The topological polar surface area (TPSA) is 84.9 Å². The number of amides is 1. The van der Waals surface area contributed by atoms with Gasteiger partial charge in [0.2, 0.25) is 5.91 Å². The van der Waals surface area contributed by atoms with E-state index in [9.17, 15) is 13.2 Å². The maximum absolute atomic E-state index is 11.9. The second-order valence-electron chi connectivity index (χ2n) is 5.85. The van der Waals surface area contributed by atoms with Crippen LogP contribution in [0.2, 0.25) is 0 Å². The van der Waals surface area contributed by atoms with E-state index in [0.717, 1.165) is 5.75 Å². The van der Waals surface area contributed by atoms with Gasteiger partial charge in [-0.3, -0.25) is 9.69 Å². The Morgan fingerprint density at radius 3 is 2.54 bits per heavy atom. The van der Waals surface area contributed by atoms with Crippen LogP contribution in [0.25, 0.3) is 0 Å². The van der Waals surface area contributed by atoms with Gasteiger partial charge in [-0.15, -0.1) is 0 Å². The van der Waals surface area contributed by atoms with E-state index in [2.05, 4.69) is 5.32 Å². The molecule has 1 fully saturated rings. The van der Waals surface area contributed by atoms with Gasteiger partial charge in [0.05, 0.1) is 31.7 Å². The lowest BCUT2D eigenvalue weighted by atomic mass is 10.2. The van der Waals surface area contributed by atoms with Crippen LogP contribution in [0.3, 0.4) is 0 Å². The van der Waals surface area contributed by atoms with Crippen molar-refractivity contribution >= 4 is 15.7 Å². The second kappa shape index (κ2) is 8.34. The van der Waals surface area contributed by atoms with Gasteiger partial charge >= 0.3 is 0 Å². The molecule has 8 heteroatoms. The summed E-state index contributed by atoms with van der Waals surface area (Å²) in [6.07, 6.45) is 0.590. The van der Waals surface area contributed by atoms with Gasteiger partial charge < -0.3 is 14.8 Å². The zero-order valence-corrected chi connectivity index (χ0v) is 14.8. The van der Waals surface area contributed by atoms with Crippen LogP contribution in [0.1, 0.15) is 6.42 Å². The highest BCUT2D eigenvalue weighted by molar-refractivity contribution is 7.91. The zero-order chi connectivity index (χ0) is 17.6. The number of ether oxygens (including phenoxy) is 2. The maximum Gasteiger partial charge on any atom is 0.234 e. The first kappa shape index (κ1) is 18.5. The van der Waals surface area contributed by atoms with E-state index in [1.807, 2.05) is 0 Å². The summed E-state index contributed by atoms with van der Waals surface area (Å²) in [5.74, 6) is 1.67. The van der Waals surface area contributed by atoms with Crippen molar-refractivity contribution < 1.29 is 22.7 Å². The predicted molar refractivity (Wildman–Crippen MR) is 91.2 cm³/mol. The number of carbonyl (C=O) groups excluding carboxylic acids is 1. The number of hydrogen-bond acceptors (Lipinski definition) is 6. The molecule has 1 aliphatic heterocycles. The van der Waals surface area contributed by atoms with E-state index < -0.39 is 9.84 Å². The predicted octanol–water partition coefficient (Wildman–Crippen LogP) is 0.309. The normalized spacial score (nSPS) is 19.2. The lowest BCUT2D eigenvalue weighted by molar-refractivity contribution is -0.122. The Morgan fingerprint density at radius 2 is 1.96 bits per heavy atom. The minimum atomic E-state index is -2.94. The van der Waals surface area contributed by atoms with Crippen LogP contribution in [0.5, 0.6) is 11.5 Å². The number of methoxy groups -OCH3 is 1. The number of sulfone groups is 1. The van der Waals surface area contributed by atoms with Crippen molar-refractivity contribution in [1.29, 1.82) is 0 Å². The monoisotopic (exact) mass is 356 g/mol. The van der Waals surface area contributed by atoms with Crippen molar-refractivity contribution in [1.82, 2.24) is 10.2 Å². The molecule has 2 rings (SSSR count). The molecule has 1 unspecified atom stereocenters. The molecule has 0 bridgehead atoms. The largest absolute Gasteiger partial charge is 0.497 e. The molecule has 1 aromatic carbocycles. The second-order valence-corrected chi connectivity index (χ2v) is 8.07. The highest BCUT2D eigenvalue weighted by Gasteiger charge is 2.31. The number of hydrogen-bond donors (Lipinski definition) is 1. The average molecular weight is 356 g/mol. The average Bonchev–Trinajstić information content (AvgIpc) is 2.92. The lowest BCUT2D eigenvalue weighted by Crippen LogP contribution is -2.42. The van der Waals surface area contributed by atoms with Crippen molar-refractivity contribution in [3.63, 3.8) is 0 Å². The number of nitrogens with one attached hydrogen (secondary N) is 1. The molecule has 0 radical (unpaired) electrons. The summed E-state index contributed by atoms with van der Waals surface area (Å²) in [7, 11) is 0.442. The van der Waals surface area contributed by atoms with Crippen LogP contribution in [0.4, 0.5) is 0 Å². The number of rotatable bonds is 8. The van der Waals surface area contributed by atoms with E-state index >= 15 is 0 Å². The standard InChI is InChI=1S/C16H24N2O5S/c1-18(13-7-10-24(20,21)12-13)11-16(19)17-8-9-23-15-5-3-14(22-2)4-6-15/h3-6,13H,7-12H2,1-2H3,(H,17,19). The third kappa shape index (κ3) is 5.68.